The van der Waals surface area contributed by atoms with E-state index in [9.17, 15) is 0 Å². The van der Waals surface area contributed by atoms with Crippen molar-refractivity contribution >= 4 is 29.9 Å². The average Bonchev–Trinajstić information content (AvgIpc) is 2.50. The first-order valence-corrected chi connectivity index (χ1v) is 7.72. The summed E-state index contributed by atoms with van der Waals surface area (Å²) in [6, 6.07) is 6.33. The summed E-state index contributed by atoms with van der Waals surface area (Å²) in [6.45, 7) is 7.62. The molecular formula is C17H28IN3O2. The van der Waals surface area contributed by atoms with E-state index in [1.165, 1.54) is 5.56 Å². The van der Waals surface area contributed by atoms with Crippen molar-refractivity contribution in [2.24, 2.45) is 10.4 Å². The number of rotatable bonds is 6. The fraction of sp³-hybridized carbons (Fsp3) is 0.588. The van der Waals surface area contributed by atoms with Crippen molar-refractivity contribution < 1.29 is 9.47 Å². The third-order valence-corrected chi connectivity index (χ3v) is 3.99. The minimum absolute atomic E-state index is 0. The first-order valence-electron chi connectivity index (χ1n) is 7.72. The van der Waals surface area contributed by atoms with E-state index < -0.39 is 0 Å². The van der Waals surface area contributed by atoms with Gasteiger partial charge in [0.25, 0.3) is 0 Å². The van der Waals surface area contributed by atoms with Crippen LogP contribution >= 0.6 is 24.0 Å². The molecule has 0 aromatic heterocycles. The second-order valence-electron chi connectivity index (χ2n) is 6.21. The van der Waals surface area contributed by atoms with E-state index in [1.807, 2.05) is 0 Å². The number of methoxy groups -OCH3 is 1. The lowest BCUT2D eigenvalue weighted by molar-refractivity contribution is -0.0971. The molecule has 0 amide bonds. The van der Waals surface area contributed by atoms with E-state index in [-0.39, 0.29) is 29.4 Å². The molecule has 6 heteroatoms. The molecule has 0 saturated carbocycles. The van der Waals surface area contributed by atoms with Crippen molar-refractivity contribution in [2.45, 2.75) is 20.3 Å². The number of hydrogen-bond donors (Lipinski definition) is 2. The Bertz CT molecular complexity index is 531. The van der Waals surface area contributed by atoms with Crippen molar-refractivity contribution in [3.63, 3.8) is 0 Å². The maximum Gasteiger partial charge on any atom is 0.191 e. The predicted octanol–water partition coefficient (Wildman–Crippen LogP) is 2.37. The number of aryl methyl sites for hydroxylation is 1. The van der Waals surface area contributed by atoms with Crippen LogP contribution in [0.25, 0.3) is 0 Å². The number of benzene rings is 1. The molecule has 1 aliphatic heterocycles. The predicted molar refractivity (Wildman–Crippen MR) is 105 cm³/mol. The van der Waals surface area contributed by atoms with Crippen molar-refractivity contribution in [1.29, 1.82) is 0 Å². The molecule has 0 aliphatic carbocycles. The van der Waals surface area contributed by atoms with Crippen LogP contribution < -0.4 is 15.4 Å². The molecule has 130 valence electrons. The highest BCUT2D eigenvalue weighted by molar-refractivity contribution is 14.0. The lowest BCUT2D eigenvalue weighted by atomic mass is 9.89. The van der Waals surface area contributed by atoms with Crippen LogP contribution in [0.5, 0.6) is 5.75 Å². The minimum atomic E-state index is 0. The van der Waals surface area contributed by atoms with Crippen LogP contribution in [0.15, 0.2) is 23.2 Å². The third kappa shape index (κ3) is 5.84. The molecule has 1 saturated heterocycles. The van der Waals surface area contributed by atoms with Gasteiger partial charge in [0.2, 0.25) is 0 Å². The van der Waals surface area contributed by atoms with Crippen molar-refractivity contribution in [3.05, 3.63) is 29.3 Å². The van der Waals surface area contributed by atoms with Gasteiger partial charge in [0, 0.05) is 25.6 Å². The van der Waals surface area contributed by atoms with Gasteiger partial charge in [0.05, 0.1) is 20.3 Å². The summed E-state index contributed by atoms with van der Waals surface area (Å²) in [5.41, 5.74) is 2.65. The number of guanidine groups is 1. The molecule has 0 spiro atoms. The Balaban J connectivity index is 0.00000264. The number of halogens is 1. The monoisotopic (exact) mass is 433 g/mol. The number of hydrogen-bond acceptors (Lipinski definition) is 3. The van der Waals surface area contributed by atoms with Crippen molar-refractivity contribution in [1.82, 2.24) is 10.6 Å². The molecule has 1 fully saturated rings. The number of ether oxygens (including phenoxy) is 2. The summed E-state index contributed by atoms with van der Waals surface area (Å²) in [7, 11) is 3.50. The van der Waals surface area contributed by atoms with E-state index in [0.717, 1.165) is 50.0 Å². The maximum atomic E-state index is 5.36. The SMILES string of the molecule is CN=C(NCCc1ccc(C)c(OC)c1)NCC1(C)COC1.I. The highest BCUT2D eigenvalue weighted by atomic mass is 127. The summed E-state index contributed by atoms with van der Waals surface area (Å²) < 4.78 is 10.6. The number of nitrogens with one attached hydrogen (secondary N) is 2. The summed E-state index contributed by atoms with van der Waals surface area (Å²) in [5.74, 6) is 1.78. The Morgan fingerprint density at radius 1 is 1.35 bits per heavy atom. The van der Waals surface area contributed by atoms with Gasteiger partial charge >= 0.3 is 0 Å². The van der Waals surface area contributed by atoms with Gasteiger partial charge in [0.15, 0.2) is 5.96 Å². The molecule has 1 heterocycles. The van der Waals surface area contributed by atoms with Gasteiger partial charge < -0.3 is 20.1 Å². The summed E-state index contributed by atoms with van der Waals surface area (Å²) in [6.07, 6.45) is 0.928. The summed E-state index contributed by atoms with van der Waals surface area (Å²) in [4.78, 5) is 4.26. The van der Waals surface area contributed by atoms with Crippen LogP contribution in [0.1, 0.15) is 18.1 Å². The zero-order valence-corrected chi connectivity index (χ0v) is 16.8. The lowest BCUT2D eigenvalue weighted by Gasteiger charge is -2.38. The Labute approximate surface area is 156 Å². The van der Waals surface area contributed by atoms with Crippen LogP contribution in [0.2, 0.25) is 0 Å². The Hall–Kier alpha value is -1.02. The standard InChI is InChI=1S/C17H27N3O2.HI/c1-13-5-6-14(9-15(13)21-4)7-8-19-16(18-3)20-10-17(2)11-22-12-17;/h5-6,9H,7-8,10-12H2,1-4H3,(H2,18,19,20);1H. The second kappa shape index (κ2) is 9.32. The lowest BCUT2D eigenvalue weighted by Crippen LogP contribution is -2.51. The summed E-state index contributed by atoms with van der Waals surface area (Å²) >= 11 is 0. The van der Waals surface area contributed by atoms with Crippen molar-refractivity contribution in [2.75, 3.05) is 40.5 Å². The largest absolute Gasteiger partial charge is 0.496 e. The molecule has 2 rings (SSSR count). The van der Waals surface area contributed by atoms with E-state index in [0.29, 0.717) is 0 Å². The first kappa shape index (κ1) is 20.0. The zero-order valence-electron chi connectivity index (χ0n) is 14.4. The highest BCUT2D eigenvalue weighted by Gasteiger charge is 2.33. The molecule has 0 radical (unpaired) electrons. The van der Waals surface area contributed by atoms with Crippen LogP contribution in [0, 0.1) is 12.3 Å². The smallest absolute Gasteiger partial charge is 0.191 e. The molecule has 0 bridgehead atoms. The number of nitrogens with zero attached hydrogens (tertiary/aromatic N) is 1. The van der Waals surface area contributed by atoms with E-state index in [2.05, 4.69) is 47.7 Å². The normalized spacial score (nSPS) is 16.1. The van der Waals surface area contributed by atoms with Gasteiger partial charge in [-0.05, 0) is 30.5 Å². The summed E-state index contributed by atoms with van der Waals surface area (Å²) in [5, 5.41) is 6.71. The fourth-order valence-corrected chi connectivity index (χ4v) is 2.42. The van der Waals surface area contributed by atoms with Gasteiger partial charge in [-0.1, -0.05) is 19.1 Å². The van der Waals surface area contributed by atoms with Gasteiger partial charge in [0.1, 0.15) is 5.75 Å². The molecular weight excluding hydrogens is 405 g/mol. The van der Waals surface area contributed by atoms with Gasteiger partial charge in [-0.3, -0.25) is 4.99 Å². The fourth-order valence-electron chi connectivity index (χ4n) is 2.42. The van der Waals surface area contributed by atoms with Crippen molar-refractivity contribution in [3.8, 4) is 5.75 Å². The van der Waals surface area contributed by atoms with Gasteiger partial charge in [-0.2, -0.15) is 0 Å². The molecule has 1 aromatic carbocycles. The minimum Gasteiger partial charge on any atom is -0.496 e. The second-order valence-corrected chi connectivity index (χ2v) is 6.21. The van der Waals surface area contributed by atoms with Gasteiger partial charge in [-0.25, -0.2) is 0 Å². The third-order valence-electron chi connectivity index (χ3n) is 3.99. The van der Waals surface area contributed by atoms with Crippen LogP contribution in [0.4, 0.5) is 0 Å². The van der Waals surface area contributed by atoms with E-state index in [1.54, 1.807) is 14.2 Å². The topological polar surface area (TPSA) is 54.9 Å². The molecule has 23 heavy (non-hydrogen) atoms. The van der Waals surface area contributed by atoms with Crippen LogP contribution in [-0.4, -0.2) is 46.4 Å². The zero-order chi connectivity index (χ0) is 16.0. The average molecular weight is 433 g/mol. The maximum absolute atomic E-state index is 5.36. The highest BCUT2D eigenvalue weighted by Crippen LogP contribution is 2.24. The molecule has 1 aliphatic rings. The Morgan fingerprint density at radius 2 is 2.09 bits per heavy atom. The van der Waals surface area contributed by atoms with Crippen LogP contribution in [0.3, 0.4) is 0 Å². The van der Waals surface area contributed by atoms with E-state index >= 15 is 0 Å². The quantitative estimate of drug-likeness (QED) is 0.411. The molecule has 0 atom stereocenters. The number of aliphatic imine (C=N–C) groups is 1. The molecule has 0 unspecified atom stereocenters. The molecule has 2 N–H and O–H groups in total. The Kier molecular flexibility index (Phi) is 8.11. The molecule has 5 nitrogen and oxygen atoms in total. The van der Waals surface area contributed by atoms with E-state index in [4.69, 9.17) is 9.47 Å². The molecule has 1 aromatic rings. The van der Waals surface area contributed by atoms with Crippen LogP contribution in [-0.2, 0) is 11.2 Å². The van der Waals surface area contributed by atoms with Gasteiger partial charge in [-0.15, -0.1) is 24.0 Å². The Morgan fingerprint density at radius 3 is 2.65 bits per heavy atom. The first-order chi connectivity index (χ1) is 10.6.